The Morgan fingerprint density at radius 2 is 1.58 bits per heavy atom. The molecule has 1 aliphatic rings. The number of nitriles is 1. The van der Waals surface area contributed by atoms with E-state index in [1.165, 1.54) is 0 Å². The van der Waals surface area contributed by atoms with Crippen LogP contribution in [0.4, 0.5) is 0 Å². The quantitative estimate of drug-likeness (QED) is 0.405. The third-order valence-corrected chi connectivity index (χ3v) is 5.53. The fourth-order valence-corrected chi connectivity index (χ4v) is 3.86. The van der Waals surface area contributed by atoms with E-state index in [0.717, 1.165) is 11.3 Å². The van der Waals surface area contributed by atoms with Gasteiger partial charge in [-0.15, -0.1) is 5.10 Å². The average Bonchev–Trinajstić information content (AvgIpc) is 3.30. The largest absolute Gasteiger partial charge is 0.493 e. The van der Waals surface area contributed by atoms with Crippen LogP contribution in [-0.4, -0.2) is 33.2 Å². The number of benzene rings is 3. The third kappa shape index (κ3) is 4.02. The normalized spacial score (nSPS) is 12.1. The predicted molar refractivity (Wildman–Crippen MR) is 119 cm³/mol. The van der Waals surface area contributed by atoms with Crippen molar-refractivity contribution in [3.8, 4) is 11.8 Å². The Morgan fingerprint density at radius 1 is 0.879 bits per heavy atom. The van der Waals surface area contributed by atoms with Crippen LogP contribution < -0.4 is 4.74 Å². The monoisotopic (exact) mass is 434 g/mol. The zero-order valence-corrected chi connectivity index (χ0v) is 17.6. The summed E-state index contributed by atoms with van der Waals surface area (Å²) < 4.78 is 7.39. The van der Waals surface area contributed by atoms with Crippen molar-refractivity contribution in [1.82, 2.24) is 15.0 Å². The van der Waals surface area contributed by atoms with Gasteiger partial charge in [-0.2, -0.15) is 5.26 Å². The van der Waals surface area contributed by atoms with E-state index in [0.29, 0.717) is 53.1 Å². The molecule has 160 valence electrons. The number of aromatic nitrogens is 3. The van der Waals surface area contributed by atoms with Gasteiger partial charge in [-0.05, 0) is 42.0 Å². The molecule has 7 nitrogen and oxygen atoms in total. The molecule has 3 aromatic carbocycles. The van der Waals surface area contributed by atoms with E-state index >= 15 is 0 Å². The Bertz CT molecular complexity index is 1410. The second-order valence-electron chi connectivity index (χ2n) is 7.73. The first-order valence-electron chi connectivity index (χ1n) is 10.5. The maximum absolute atomic E-state index is 12.9. The zero-order chi connectivity index (χ0) is 22.8. The first kappa shape index (κ1) is 20.3. The minimum absolute atomic E-state index is 0.128. The molecule has 0 amide bonds. The number of hydrogen-bond acceptors (Lipinski definition) is 6. The van der Waals surface area contributed by atoms with Crippen LogP contribution in [0, 0.1) is 11.3 Å². The number of rotatable bonds is 6. The van der Waals surface area contributed by atoms with Gasteiger partial charge in [0, 0.05) is 34.9 Å². The predicted octanol–water partition coefficient (Wildman–Crippen LogP) is 3.59. The highest BCUT2D eigenvalue weighted by Gasteiger charge is 2.29. The SMILES string of the molecule is N#Cc1ccc(OCCc2cn(Cc3ccc4c(c3)C(=O)c3ccccc3C4=O)nn2)cc1. The van der Waals surface area contributed by atoms with Crippen molar-refractivity contribution in [3.63, 3.8) is 0 Å². The van der Waals surface area contributed by atoms with Crippen molar-refractivity contribution in [2.24, 2.45) is 0 Å². The van der Waals surface area contributed by atoms with Crippen molar-refractivity contribution in [2.75, 3.05) is 6.61 Å². The number of carbonyl (C=O) groups excluding carboxylic acids is 2. The Hall–Kier alpha value is -4.57. The molecule has 0 saturated carbocycles. The summed E-state index contributed by atoms with van der Waals surface area (Å²) in [7, 11) is 0. The minimum atomic E-state index is -0.138. The zero-order valence-electron chi connectivity index (χ0n) is 17.6. The summed E-state index contributed by atoms with van der Waals surface area (Å²) in [6.45, 7) is 0.860. The minimum Gasteiger partial charge on any atom is -0.493 e. The Morgan fingerprint density at radius 3 is 2.30 bits per heavy atom. The summed E-state index contributed by atoms with van der Waals surface area (Å²) in [6.07, 6.45) is 2.41. The molecule has 0 spiro atoms. The van der Waals surface area contributed by atoms with Gasteiger partial charge in [0.2, 0.25) is 0 Å². The van der Waals surface area contributed by atoms with Crippen molar-refractivity contribution in [1.29, 1.82) is 5.26 Å². The summed E-state index contributed by atoms with van der Waals surface area (Å²) in [6, 6.07) is 21.2. The van der Waals surface area contributed by atoms with Crippen LogP contribution in [0.1, 0.15) is 48.7 Å². The van der Waals surface area contributed by atoms with Crippen LogP contribution in [0.5, 0.6) is 5.75 Å². The highest BCUT2D eigenvalue weighted by atomic mass is 16.5. The molecule has 0 radical (unpaired) electrons. The number of nitrogens with zero attached hydrogens (tertiary/aromatic N) is 4. The number of fused-ring (bicyclic) bond motifs is 2. The number of ketones is 2. The Labute approximate surface area is 189 Å². The summed E-state index contributed by atoms with van der Waals surface area (Å²) in [5.41, 5.74) is 3.97. The van der Waals surface area contributed by atoms with Crippen LogP contribution in [0.15, 0.2) is 72.9 Å². The van der Waals surface area contributed by atoms with Crippen LogP contribution in [-0.2, 0) is 13.0 Å². The van der Waals surface area contributed by atoms with E-state index in [4.69, 9.17) is 10.00 Å². The molecule has 1 aromatic heterocycles. The molecule has 0 N–H and O–H groups in total. The molecular weight excluding hydrogens is 416 g/mol. The van der Waals surface area contributed by atoms with E-state index in [2.05, 4.69) is 16.4 Å². The Balaban J connectivity index is 1.25. The Kier molecular flexibility index (Phi) is 5.25. The van der Waals surface area contributed by atoms with E-state index < -0.39 is 0 Å². The highest BCUT2D eigenvalue weighted by molar-refractivity contribution is 6.28. The number of hydrogen-bond donors (Lipinski definition) is 0. The molecule has 0 unspecified atom stereocenters. The average molecular weight is 434 g/mol. The third-order valence-electron chi connectivity index (χ3n) is 5.53. The molecule has 1 heterocycles. The van der Waals surface area contributed by atoms with Gasteiger partial charge in [0.15, 0.2) is 11.6 Å². The summed E-state index contributed by atoms with van der Waals surface area (Å²) in [5, 5.41) is 17.2. The molecule has 0 aliphatic heterocycles. The van der Waals surface area contributed by atoms with Crippen molar-refractivity contribution >= 4 is 11.6 Å². The molecule has 33 heavy (non-hydrogen) atoms. The van der Waals surface area contributed by atoms with Gasteiger partial charge in [0.05, 0.1) is 30.5 Å². The van der Waals surface area contributed by atoms with Crippen molar-refractivity contribution in [2.45, 2.75) is 13.0 Å². The van der Waals surface area contributed by atoms with E-state index in [9.17, 15) is 9.59 Å². The van der Waals surface area contributed by atoms with Crippen molar-refractivity contribution < 1.29 is 14.3 Å². The lowest BCUT2D eigenvalue weighted by Crippen LogP contribution is -2.21. The van der Waals surface area contributed by atoms with Crippen LogP contribution in [0.25, 0.3) is 0 Å². The first-order chi connectivity index (χ1) is 16.1. The molecule has 0 fully saturated rings. The maximum Gasteiger partial charge on any atom is 0.194 e. The lowest BCUT2D eigenvalue weighted by Gasteiger charge is -2.18. The fraction of sp³-hybridized carbons (Fsp3) is 0.115. The van der Waals surface area contributed by atoms with Crippen LogP contribution >= 0.6 is 0 Å². The topological polar surface area (TPSA) is 97.9 Å². The van der Waals surface area contributed by atoms with Crippen LogP contribution in [0.3, 0.4) is 0 Å². The molecule has 1 aliphatic carbocycles. The smallest absolute Gasteiger partial charge is 0.194 e. The van der Waals surface area contributed by atoms with Gasteiger partial charge in [0.1, 0.15) is 5.75 Å². The molecule has 7 heteroatoms. The fourth-order valence-electron chi connectivity index (χ4n) is 3.86. The first-order valence-corrected chi connectivity index (χ1v) is 10.5. The second-order valence-corrected chi connectivity index (χ2v) is 7.73. The molecule has 0 bridgehead atoms. The van der Waals surface area contributed by atoms with E-state index in [-0.39, 0.29) is 11.6 Å². The van der Waals surface area contributed by atoms with E-state index in [1.807, 2.05) is 12.3 Å². The lowest BCUT2D eigenvalue weighted by atomic mass is 9.83. The number of ether oxygens (including phenoxy) is 1. The standard InChI is InChI=1S/C26H18N4O3/c27-14-17-5-8-20(9-6-17)33-12-11-19-16-30(29-28-19)15-18-7-10-23-24(13-18)26(32)22-4-2-1-3-21(22)25(23)31/h1-10,13,16H,11-12,15H2. The molecule has 0 saturated heterocycles. The van der Waals surface area contributed by atoms with Gasteiger partial charge in [-0.1, -0.05) is 35.5 Å². The lowest BCUT2D eigenvalue weighted by molar-refractivity contribution is 0.0979. The molecule has 0 atom stereocenters. The summed E-state index contributed by atoms with van der Waals surface area (Å²) >= 11 is 0. The number of carbonyl (C=O) groups is 2. The molecule has 5 rings (SSSR count). The van der Waals surface area contributed by atoms with Gasteiger partial charge in [-0.3, -0.25) is 9.59 Å². The van der Waals surface area contributed by atoms with Gasteiger partial charge in [0.25, 0.3) is 0 Å². The molecular formula is C26H18N4O3. The van der Waals surface area contributed by atoms with Gasteiger partial charge < -0.3 is 4.74 Å². The van der Waals surface area contributed by atoms with Crippen LogP contribution in [0.2, 0.25) is 0 Å². The van der Waals surface area contributed by atoms with Crippen molar-refractivity contribution in [3.05, 3.63) is 112 Å². The van der Waals surface area contributed by atoms with E-state index in [1.54, 1.807) is 65.3 Å². The highest BCUT2D eigenvalue weighted by Crippen LogP contribution is 2.28. The molecule has 4 aromatic rings. The van der Waals surface area contributed by atoms with Gasteiger partial charge >= 0.3 is 0 Å². The second kappa shape index (κ2) is 8.52. The maximum atomic E-state index is 12.9. The summed E-state index contributed by atoms with van der Waals surface area (Å²) in [4.78, 5) is 25.7. The summed E-state index contributed by atoms with van der Waals surface area (Å²) in [5.74, 6) is 0.426. The van der Waals surface area contributed by atoms with Gasteiger partial charge in [-0.25, -0.2) is 4.68 Å².